The number of aliphatic imine (C=N–C) groups is 1. The number of anilines is 1. The average Bonchev–Trinajstić information content (AvgIpc) is 2.79. The van der Waals surface area contributed by atoms with Crippen LogP contribution in [0.4, 0.5) is 5.95 Å². The lowest BCUT2D eigenvalue weighted by molar-refractivity contribution is 0.240. The van der Waals surface area contributed by atoms with E-state index in [0.29, 0.717) is 6.54 Å². The van der Waals surface area contributed by atoms with Gasteiger partial charge in [0.2, 0.25) is 5.95 Å². The fourth-order valence-corrected chi connectivity index (χ4v) is 3.62. The van der Waals surface area contributed by atoms with Crippen LogP contribution in [0.3, 0.4) is 0 Å². The summed E-state index contributed by atoms with van der Waals surface area (Å²) in [6.07, 6.45) is 3.74. The monoisotopic (exact) mass is 439 g/mol. The van der Waals surface area contributed by atoms with E-state index in [1.54, 1.807) is 12.4 Å². The van der Waals surface area contributed by atoms with Crippen molar-refractivity contribution in [3.05, 3.63) is 47.8 Å². The molecule has 1 saturated heterocycles. The minimum atomic E-state index is 0.139. The van der Waals surface area contributed by atoms with Gasteiger partial charge in [0.25, 0.3) is 0 Å². The Hall–Kier alpha value is -2.87. The number of guanidine groups is 1. The highest BCUT2D eigenvalue weighted by Crippen LogP contribution is 2.22. The number of nitrogens with zero attached hydrogens (tertiary/aromatic N) is 5. The first-order valence-electron chi connectivity index (χ1n) is 11.6. The molecule has 2 aromatic rings. The molecule has 0 radical (unpaired) electrons. The Morgan fingerprint density at radius 2 is 1.88 bits per heavy atom. The van der Waals surface area contributed by atoms with Crippen molar-refractivity contribution >= 4 is 11.9 Å². The summed E-state index contributed by atoms with van der Waals surface area (Å²) in [6, 6.07) is 8.16. The number of piperazine rings is 1. The number of nitrogens with one attached hydrogen (secondary N) is 2. The van der Waals surface area contributed by atoms with Crippen LogP contribution < -0.4 is 20.3 Å². The number of ether oxygens (including phenoxy) is 1. The van der Waals surface area contributed by atoms with Crippen LogP contribution in [0.5, 0.6) is 5.75 Å². The molecule has 3 rings (SSSR count). The molecule has 32 heavy (non-hydrogen) atoms. The van der Waals surface area contributed by atoms with E-state index in [1.807, 2.05) is 19.9 Å². The van der Waals surface area contributed by atoms with Crippen molar-refractivity contribution in [2.45, 2.75) is 40.3 Å². The van der Waals surface area contributed by atoms with Crippen LogP contribution >= 0.6 is 0 Å². The van der Waals surface area contributed by atoms with E-state index in [2.05, 4.69) is 62.4 Å². The van der Waals surface area contributed by atoms with Gasteiger partial charge >= 0.3 is 0 Å². The Morgan fingerprint density at radius 3 is 2.56 bits per heavy atom. The number of hydrogen-bond acceptors (Lipinski definition) is 6. The SMILES string of the molecule is CCNC(=NCc1ccc(C)cc1OC(C)C)NCCN1CCN(c2ncccn2)CC1. The maximum absolute atomic E-state index is 5.99. The lowest BCUT2D eigenvalue weighted by Gasteiger charge is -2.34. The second kappa shape index (κ2) is 12.2. The third-order valence-corrected chi connectivity index (χ3v) is 5.26. The number of aromatic nitrogens is 2. The van der Waals surface area contributed by atoms with Gasteiger partial charge in [0, 0.05) is 63.8 Å². The highest BCUT2D eigenvalue weighted by molar-refractivity contribution is 5.79. The molecule has 174 valence electrons. The van der Waals surface area contributed by atoms with Gasteiger partial charge in [0.15, 0.2) is 5.96 Å². The summed E-state index contributed by atoms with van der Waals surface area (Å²) in [6.45, 7) is 15.4. The maximum Gasteiger partial charge on any atom is 0.225 e. The van der Waals surface area contributed by atoms with E-state index in [9.17, 15) is 0 Å². The molecule has 8 heteroatoms. The molecule has 1 aliphatic heterocycles. The molecule has 0 saturated carbocycles. The van der Waals surface area contributed by atoms with Gasteiger partial charge in [-0.3, -0.25) is 4.90 Å². The summed E-state index contributed by atoms with van der Waals surface area (Å²) in [5.41, 5.74) is 2.29. The molecule has 0 aliphatic carbocycles. The van der Waals surface area contributed by atoms with Crippen LogP contribution in [0, 0.1) is 6.92 Å². The van der Waals surface area contributed by atoms with Gasteiger partial charge in [-0.05, 0) is 45.4 Å². The molecule has 0 spiro atoms. The minimum Gasteiger partial charge on any atom is -0.491 e. The van der Waals surface area contributed by atoms with Crippen molar-refractivity contribution in [1.82, 2.24) is 25.5 Å². The van der Waals surface area contributed by atoms with E-state index in [-0.39, 0.29) is 6.10 Å². The predicted octanol–water partition coefficient (Wildman–Crippen LogP) is 2.45. The summed E-state index contributed by atoms with van der Waals surface area (Å²) in [4.78, 5) is 18.2. The van der Waals surface area contributed by atoms with Crippen molar-refractivity contribution < 1.29 is 4.74 Å². The van der Waals surface area contributed by atoms with E-state index in [0.717, 1.165) is 69.0 Å². The Bertz CT molecular complexity index is 849. The third kappa shape index (κ3) is 7.37. The van der Waals surface area contributed by atoms with Gasteiger partial charge in [0.05, 0.1) is 12.6 Å². The van der Waals surface area contributed by atoms with Gasteiger partial charge < -0.3 is 20.3 Å². The van der Waals surface area contributed by atoms with E-state index >= 15 is 0 Å². The first-order chi connectivity index (χ1) is 15.5. The lowest BCUT2D eigenvalue weighted by Crippen LogP contribution is -2.49. The topological polar surface area (TPSA) is 77.9 Å². The molecule has 1 fully saturated rings. The van der Waals surface area contributed by atoms with Gasteiger partial charge in [-0.1, -0.05) is 12.1 Å². The van der Waals surface area contributed by atoms with Gasteiger partial charge in [0.1, 0.15) is 5.75 Å². The summed E-state index contributed by atoms with van der Waals surface area (Å²) in [5, 5.41) is 6.82. The number of rotatable bonds is 9. The van der Waals surface area contributed by atoms with Crippen LogP contribution in [0.15, 0.2) is 41.7 Å². The molecule has 0 amide bonds. The van der Waals surface area contributed by atoms with Gasteiger partial charge in [-0.2, -0.15) is 0 Å². The zero-order chi connectivity index (χ0) is 22.8. The zero-order valence-corrected chi connectivity index (χ0v) is 19.8. The Balaban J connectivity index is 1.48. The number of hydrogen-bond donors (Lipinski definition) is 2. The zero-order valence-electron chi connectivity index (χ0n) is 19.8. The van der Waals surface area contributed by atoms with Crippen LogP contribution in [0.2, 0.25) is 0 Å². The Kier molecular flexibility index (Phi) is 9.10. The fourth-order valence-electron chi connectivity index (χ4n) is 3.62. The molecule has 1 aliphatic rings. The summed E-state index contributed by atoms with van der Waals surface area (Å²) < 4.78 is 5.99. The predicted molar refractivity (Wildman–Crippen MR) is 130 cm³/mol. The molecule has 0 bridgehead atoms. The number of benzene rings is 1. The fraction of sp³-hybridized carbons (Fsp3) is 0.542. The molecule has 2 N–H and O–H groups in total. The first-order valence-corrected chi connectivity index (χ1v) is 11.6. The lowest BCUT2D eigenvalue weighted by atomic mass is 10.1. The Morgan fingerprint density at radius 1 is 1.12 bits per heavy atom. The second-order valence-corrected chi connectivity index (χ2v) is 8.28. The summed E-state index contributed by atoms with van der Waals surface area (Å²) in [7, 11) is 0. The molecule has 1 aromatic heterocycles. The van der Waals surface area contributed by atoms with Crippen molar-refractivity contribution in [1.29, 1.82) is 0 Å². The Labute approximate surface area is 192 Å². The standard InChI is InChI=1S/C24H37N7O/c1-5-25-23(29-18-21-8-7-20(4)17-22(21)32-19(2)3)26-11-12-30-13-15-31(16-14-30)24-27-9-6-10-28-24/h6-10,17,19H,5,11-16,18H2,1-4H3,(H2,25,26,29). The van der Waals surface area contributed by atoms with Crippen molar-refractivity contribution in [2.24, 2.45) is 4.99 Å². The third-order valence-electron chi connectivity index (χ3n) is 5.26. The van der Waals surface area contributed by atoms with E-state index < -0.39 is 0 Å². The highest BCUT2D eigenvalue weighted by Gasteiger charge is 2.18. The normalized spacial score (nSPS) is 15.2. The smallest absolute Gasteiger partial charge is 0.225 e. The second-order valence-electron chi connectivity index (χ2n) is 8.28. The first kappa shape index (κ1) is 23.8. The molecular weight excluding hydrogens is 402 g/mol. The molecular formula is C24H37N7O. The van der Waals surface area contributed by atoms with E-state index in [1.165, 1.54) is 5.56 Å². The average molecular weight is 440 g/mol. The highest BCUT2D eigenvalue weighted by atomic mass is 16.5. The van der Waals surface area contributed by atoms with E-state index in [4.69, 9.17) is 9.73 Å². The van der Waals surface area contributed by atoms with Gasteiger partial charge in [-0.15, -0.1) is 0 Å². The molecule has 8 nitrogen and oxygen atoms in total. The minimum absolute atomic E-state index is 0.139. The summed E-state index contributed by atoms with van der Waals surface area (Å²) in [5.74, 6) is 2.57. The largest absolute Gasteiger partial charge is 0.491 e. The molecule has 1 aromatic carbocycles. The van der Waals surface area contributed by atoms with Crippen molar-refractivity contribution in [3.63, 3.8) is 0 Å². The van der Waals surface area contributed by atoms with Gasteiger partial charge in [-0.25, -0.2) is 15.0 Å². The number of aryl methyl sites for hydroxylation is 1. The maximum atomic E-state index is 5.99. The van der Waals surface area contributed by atoms with Crippen molar-refractivity contribution in [2.75, 3.05) is 50.7 Å². The van der Waals surface area contributed by atoms with Crippen LogP contribution in [-0.2, 0) is 6.54 Å². The molecule has 0 unspecified atom stereocenters. The van der Waals surface area contributed by atoms with Crippen molar-refractivity contribution in [3.8, 4) is 5.75 Å². The summed E-state index contributed by atoms with van der Waals surface area (Å²) >= 11 is 0. The quantitative estimate of drug-likeness (QED) is 0.459. The van der Waals surface area contributed by atoms with Crippen LogP contribution in [-0.4, -0.2) is 72.7 Å². The van der Waals surface area contributed by atoms with Crippen LogP contribution in [0.1, 0.15) is 31.9 Å². The molecule has 2 heterocycles. The molecule has 0 atom stereocenters. The van der Waals surface area contributed by atoms with Crippen LogP contribution in [0.25, 0.3) is 0 Å².